The van der Waals surface area contributed by atoms with Crippen molar-refractivity contribution in [3.05, 3.63) is 0 Å². The van der Waals surface area contributed by atoms with Gasteiger partial charge in [-0.2, -0.15) is 0 Å². The first kappa shape index (κ1) is 23.9. The summed E-state index contributed by atoms with van der Waals surface area (Å²) in [4.78, 5) is 31.8. The summed E-state index contributed by atoms with van der Waals surface area (Å²) in [6, 6.07) is 0. The molecule has 1 N–H and O–H groups in total. The molecule has 0 spiro atoms. The quantitative estimate of drug-likeness (QED) is 0.266. The van der Waals surface area contributed by atoms with E-state index < -0.39 is 0 Å². The van der Waals surface area contributed by atoms with Gasteiger partial charge in [0, 0.05) is 40.3 Å². The highest BCUT2D eigenvalue weighted by molar-refractivity contribution is 14.0. The van der Waals surface area contributed by atoms with Gasteiger partial charge in [-0.05, 0) is 32.1 Å². The zero-order chi connectivity index (χ0) is 18.9. The van der Waals surface area contributed by atoms with E-state index in [0.29, 0.717) is 19.6 Å². The fourth-order valence-electron chi connectivity index (χ4n) is 3.22. The van der Waals surface area contributed by atoms with E-state index in [4.69, 9.17) is 9.47 Å². The number of likely N-dealkylation sites (N-methyl/N-ethyl adjacent to an activating group) is 1. The molecule has 1 amide bonds. The van der Waals surface area contributed by atoms with Gasteiger partial charge >= 0.3 is 5.97 Å². The van der Waals surface area contributed by atoms with Crippen molar-refractivity contribution in [3.63, 3.8) is 0 Å². The molecule has 0 saturated carbocycles. The van der Waals surface area contributed by atoms with Gasteiger partial charge < -0.3 is 24.6 Å². The highest BCUT2D eigenvalue weighted by atomic mass is 127. The molecule has 2 rings (SSSR count). The summed E-state index contributed by atoms with van der Waals surface area (Å²) in [6.07, 6.45) is 5.00. The molecule has 27 heavy (non-hydrogen) atoms. The number of piperidine rings is 1. The van der Waals surface area contributed by atoms with Crippen molar-refractivity contribution in [2.45, 2.75) is 38.2 Å². The number of likely N-dealkylation sites (tertiary alicyclic amines) is 1. The van der Waals surface area contributed by atoms with Crippen molar-refractivity contribution in [1.29, 1.82) is 0 Å². The Labute approximate surface area is 179 Å². The molecule has 9 heteroatoms. The number of amides is 1. The Kier molecular flexibility index (Phi) is 11.0. The molecule has 0 aromatic heterocycles. The monoisotopic (exact) mass is 496 g/mol. The van der Waals surface area contributed by atoms with Crippen molar-refractivity contribution < 1.29 is 19.1 Å². The summed E-state index contributed by atoms with van der Waals surface area (Å²) < 4.78 is 10.6. The molecule has 0 bridgehead atoms. The molecule has 1 unspecified atom stereocenters. The Morgan fingerprint density at radius 1 is 1.22 bits per heavy atom. The Balaban J connectivity index is 0.00000364. The van der Waals surface area contributed by atoms with Gasteiger partial charge in [-0.3, -0.25) is 9.59 Å². The minimum atomic E-state index is -0.144. The lowest BCUT2D eigenvalue weighted by Crippen LogP contribution is -2.49. The first-order valence-electron chi connectivity index (χ1n) is 9.44. The van der Waals surface area contributed by atoms with Crippen molar-refractivity contribution in [2.24, 2.45) is 10.9 Å². The van der Waals surface area contributed by atoms with Crippen molar-refractivity contribution in [3.8, 4) is 0 Å². The minimum Gasteiger partial charge on any atom is -0.469 e. The van der Waals surface area contributed by atoms with Gasteiger partial charge in [-0.1, -0.05) is 0 Å². The average Bonchev–Trinajstić information content (AvgIpc) is 2.68. The van der Waals surface area contributed by atoms with Crippen LogP contribution in [0.15, 0.2) is 4.99 Å². The van der Waals surface area contributed by atoms with Crippen molar-refractivity contribution in [2.75, 3.05) is 54.0 Å². The van der Waals surface area contributed by atoms with Crippen LogP contribution in [0.25, 0.3) is 0 Å². The maximum absolute atomic E-state index is 11.9. The molecule has 0 radical (unpaired) electrons. The van der Waals surface area contributed by atoms with Crippen LogP contribution in [0.4, 0.5) is 0 Å². The third-order valence-corrected chi connectivity index (χ3v) is 4.95. The van der Waals surface area contributed by atoms with Crippen LogP contribution < -0.4 is 5.32 Å². The highest BCUT2D eigenvalue weighted by Gasteiger charge is 2.27. The van der Waals surface area contributed by atoms with Crippen LogP contribution in [0.2, 0.25) is 0 Å². The van der Waals surface area contributed by atoms with E-state index in [2.05, 4.69) is 15.2 Å². The first-order chi connectivity index (χ1) is 12.5. The number of halogens is 1. The van der Waals surface area contributed by atoms with Gasteiger partial charge in [0.15, 0.2) is 5.96 Å². The first-order valence-corrected chi connectivity index (χ1v) is 9.44. The molecule has 2 saturated heterocycles. The molecule has 0 aromatic carbocycles. The molecule has 2 fully saturated rings. The van der Waals surface area contributed by atoms with Crippen molar-refractivity contribution >= 4 is 41.8 Å². The Hall–Kier alpha value is -1.10. The predicted octanol–water partition coefficient (Wildman–Crippen LogP) is 1.09. The number of nitrogens with zero attached hydrogens (tertiary/aromatic N) is 3. The Bertz CT molecular complexity index is 502. The zero-order valence-electron chi connectivity index (χ0n) is 16.6. The lowest BCUT2D eigenvalue weighted by atomic mass is 9.97. The third kappa shape index (κ3) is 7.81. The van der Waals surface area contributed by atoms with Crippen LogP contribution in [0.5, 0.6) is 0 Å². The normalized spacial score (nSPS) is 21.2. The van der Waals surface area contributed by atoms with Gasteiger partial charge in [-0.15, -0.1) is 24.0 Å². The minimum absolute atomic E-state index is 0. The number of guanidine groups is 1. The Morgan fingerprint density at radius 3 is 2.48 bits per heavy atom. The smallest absolute Gasteiger partial charge is 0.308 e. The summed E-state index contributed by atoms with van der Waals surface area (Å²) in [5.41, 5.74) is 0. The lowest BCUT2D eigenvalue weighted by Gasteiger charge is -2.34. The van der Waals surface area contributed by atoms with E-state index in [1.54, 1.807) is 14.1 Å². The summed E-state index contributed by atoms with van der Waals surface area (Å²) >= 11 is 0. The molecule has 2 aliphatic heterocycles. The highest BCUT2D eigenvalue weighted by Crippen LogP contribution is 2.19. The number of carbonyl (C=O) groups is 2. The fourth-order valence-corrected chi connectivity index (χ4v) is 3.22. The zero-order valence-corrected chi connectivity index (χ0v) is 18.9. The number of esters is 1. The van der Waals surface area contributed by atoms with Gasteiger partial charge in [0.05, 0.1) is 19.1 Å². The SMILES string of the molecule is COC(=O)C1CCN(C(=NCC(=O)N(C)C)NCC2CCCCO2)CC1.I. The number of hydrogen-bond acceptors (Lipinski definition) is 5. The van der Waals surface area contributed by atoms with Crippen LogP contribution in [-0.2, 0) is 19.1 Å². The van der Waals surface area contributed by atoms with Crippen LogP contribution in [-0.4, -0.2) is 87.7 Å². The molecule has 1 atom stereocenters. The number of rotatable bonds is 5. The van der Waals surface area contributed by atoms with E-state index in [0.717, 1.165) is 38.2 Å². The molecule has 2 heterocycles. The van der Waals surface area contributed by atoms with Gasteiger partial charge in [-0.25, -0.2) is 4.99 Å². The molecular formula is C18H33IN4O4. The number of nitrogens with one attached hydrogen (secondary N) is 1. The van der Waals surface area contributed by atoms with Crippen LogP contribution in [0, 0.1) is 5.92 Å². The van der Waals surface area contributed by atoms with Crippen LogP contribution in [0.1, 0.15) is 32.1 Å². The van der Waals surface area contributed by atoms with E-state index in [-0.39, 0.29) is 54.4 Å². The maximum Gasteiger partial charge on any atom is 0.308 e. The lowest BCUT2D eigenvalue weighted by molar-refractivity contribution is -0.146. The number of carbonyl (C=O) groups excluding carboxylic acids is 2. The maximum atomic E-state index is 11.9. The molecule has 8 nitrogen and oxygen atoms in total. The van der Waals surface area contributed by atoms with E-state index in [1.807, 2.05) is 0 Å². The topological polar surface area (TPSA) is 83.5 Å². The van der Waals surface area contributed by atoms with E-state index in [9.17, 15) is 9.59 Å². The fraction of sp³-hybridized carbons (Fsp3) is 0.833. The number of ether oxygens (including phenoxy) is 2. The summed E-state index contributed by atoms with van der Waals surface area (Å²) in [7, 11) is 4.88. The summed E-state index contributed by atoms with van der Waals surface area (Å²) in [6.45, 7) is 3.03. The van der Waals surface area contributed by atoms with Gasteiger partial charge in [0.1, 0.15) is 6.54 Å². The van der Waals surface area contributed by atoms with Gasteiger partial charge in [0.2, 0.25) is 5.91 Å². The van der Waals surface area contributed by atoms with E-state index in [1.165, 1.54) is 18.4 Å². The molecule has 0 aromatic rings. The molecule has 0 aliphatic carbocycles. The number of aliphatic imine (C=N–C) groups is 1. The second-order valence-electron chi connectivity index (χ2n) is 7.08. The van der Waals surface area contributed by atoms with Crippen molar-refractivity contribution in [1.82, 2.24) is 15.1 Å². The molecule has 156 valence electrons. The van der Waals surface area contributed by atoms with Gasteiger partial charge in [0.25, 0.3) is 0 Å². The van der Waals surface area contributed by atoms with Crippen LogP contribution in [0.3, 0.4) is 0 Å². The van der Waals surface area contributed by atoms with E-state index >= 15 is 0 Å². The number of hydrogen-bond donors (Lipinski definition) is 1. The predicted molar refractivity (Wildman–Crippen MR) is 114 cm³/mol. The third-order valence-electron chi connectivity index (χ3n) is 4.95. The largest absolute Gasteiger partial charge is 0.469 e. The second-order valence-corrected chi connectivity index (χ2v) is 7.08. The summed E-state index contributed by atoms with van der Waals surface area (Å²) in [5, 5.41) is 3.38. The average molecular weight is 496 g/mol. The summed E-state index contributed by atoms with van der Waals surface area (Å²) in [5.74, 6) is 0.484. The Morgan fingerprint density at radius 2 is 1.93 bits per heavy atom. The second kappa shape index (κ2) is 12.4. The van der Waals surface area contributed by atoms with Crippen LogP contribution >= 0.6 is 24.0 Å². The number of methoxy groups -OCH3 is 1. The molecular weight excluding hydrogens is 463 g/mol. The molecule has 2 aliphatic rings. The standard InChI is InChI=1S/C18H32N4O4.HI/c1-21(2)16(23)13-20-18(19-12-15-6-4-5-11-26-15)22-9-7-14(8-10-22)17(24)25-3;/h14-15H,4-13H2,1-3H3,(H,19,20);1H.